The summed E-state index contributed by atoms with van der Waals surface area (Å²) in [4.78, 5) is 0. The minimum absolute atomic E-state index is 0.0293. The highest BCUT2D eigenvalue weighted by molar-refractivity contribution is 5.18. The predicted molar refractivity (Wildman–Crippen MR) is 134 cm³/mol. The van der Waals surface area contributed by atoms with Crippen molar-refractivity contribution in [2.24, 2.45) is 45.3 Å². The molecule has 5 rings (SSSR count). The van der Waals surface area contributed by atoms with E-state index < -0.39 is 5.60 Å². The molecule has 10 atom stereocenters. The maximum atomic E-state index is 10.9. The van der Waals surface area contributed by atoms with Crippen LogP contribution in [0.25, 0.3) is 0 Å². The van der Waals surface area contributed by atoms with Crippen molar-refractivity contribution in [2.75, 3.05) is 0 Å². The highest BCUT2D eigenvalue weighted by Gasteiger charge is 2.70. The summed E-state index contributed by atoms with van der Waals surface area (Å²) in [5.41, 5.74) is 0.277. The van der Waals surface area contributed by atoms with Crippen molar-refractivity contribution in [2.45, 2.75) is 143 Å². The van der Waals surface area contributed by atoms with E-state index in [0.29, 0.717) is 28.1 Å². The van der Waals surface area contributed by atoms with E-state index in [1.807, 2.05) is 13.8 Å². The smallest absolute Gasteiger partial charge is 0.0865 e. The fourth-order valence-electron chi connectivity index (χ4n) is 11.1. The average Bonchev–Trinajstić information content (AvgIpc) is 3.27. The Labute approximate surface area is 203 Å². The summed E-state index contributed by atoms with van der Waals surface area (Å²) < 4.78 is 6.73. The fraction of sp³-hybridized carbons (Fsp3) is 1.00. The van der Waals surface area contributed by atoms with Gasteiger partial charge in [0, 0.05) is 0 Å². The van der Waals surface area contributed by atoms with Crippen molar-refractivity contribution in [3.05, 3.63) is 0 Å². The number of rotatable bonds is 2. The summed E-state index contributed by atoms with van der Waals surface area (Å²) in [7, 11) is 0. The molecule has 1 aliphatic heterocycles. The first kappa shape index (κ1) is 24.6. The molecule has 3 heteroatoms. The second kappa shape index (κ2) is 7.22. The lowest BCUT2D eigenvalue weighted by atomic mass is 9.35. The molecule has 1 saturated heterocycles. The van der Waals surface area contributed by atoms with Gasteiger partial charge in [-0.05, 0) is 130 Å². The van der Waals surface area contributed by atoms with Crippen LogP contribution in [0.2, 0.25) is 0 Å². The number of ether oxygens (including phenoxy) is 1. The zero-order valence-corrected chi connectivity index (χ0v) is 22.8. The standard InChI is InChI=1S/C30H52O3/c1-25(2)21-12-17-29(7)22(27(21,5)15-13-23(25)31)10-9-19-20(11-16-28(19,29)6)30(8)18-14-24(33-30)26(3,4)32/h19-24,31-32H,9-18H2,1-8H3/t19-,20+,21+,22+,23+,24-,27+,28-,29-,30-/m1/s1. The highest BCUT2D eigenvalue weighted by atomic mass is 16.5. The van der Waals surface area contributed by atoms with Gasteiger partial charge in [0.15, 0.2) is 0 Å². The first-order chi connectivity index (χ1) is 15.1. The minimum atomic E-state index is -0.755. The van der Waals surface area contributed by atoms with E-state index in [1.54, 1.807) is 0 Å². The largest absolute Gasteiger partial charge is 0.393 e. The van der Waals surface area contributed by atoms with Gasteiger partial charge in [0.05, 0.1) is 23.4 Å². The Bertz CT molecular complexity index is 784. The van der Waals surface area contributed by atoms with Gasteiger partial charge < -0.3 is 14.9 Å². The molecule has 2 N–H and O–H groups in total. The van der Waals surface area contributed by atoms with Crippen LogP contribution in [0.15, 0.2) is 0 Å². The first-order valence-corrected chi connectivity index (χ1v) is 14.2. The molecular weight excluding hydrogens is 408 g/mol. The summed E-state index contributed by atoms with van der Waals surface area (Å²) >= 11 is 0. The second-order valence-electron chi connectivity index (χ2n) is 15.3. The molecule has 0 spiro atoms. The van der Waals surface area contributed by atoms with Crippen molar-refractivity contribution in [3.63, 3.8) is 0 Å². The van der Waals surface area contributed by atoms with E-state index in [1.165, 1.54) is 44.9 Å². The number of hydrogen-bond acceptors (Lipinski definition) is 3. The van der Waals surface area contributed by atoms with Crippen molar-refractivity contribution in [3.8, 4) is 0 Å². The Morgan fingerprint density at radius 3 is 2.00 bits per heavy atom. The van der Waals surface area contributed by atoms with Crippen LogP contribution in [-0.2, 0) is 4.74 Å². The van der Waals surface area contributed by atoms with Crippen LogP contribution in [-0.4, -0.2) is 33.6 Å². The third-order valence-electron chi connectivity index (χ3n) is 13.3. The van der Waals surface area contributed by atoms with Crippen molar-refractivity contribution >= 4 is 0 Å². The topological polar surface area (TPSA) is 49.7 Å². The van der Waals surface area contributed by atoms with Gasteiger partial charge in [-0.2, -0.15) is 0 Å². The molecule has 0 aromatic carbocycles. The van der Waals surface area contributed by atoms with Crippen LogP contribution in [0.1, 0.15) is 120 Å². The molecular formula is C30H52O3. The van der Waals surface area contributed by atoms with Crippen LogP contribution in [0.3, 0.4) is 0 Å². The van der Waals surface area contributed by atoms with Gasteiger partial charge in [-0.1, -0.05) is 34.6 Å². The third kappa shape index (κ3) is 3.16. The van der Waals surface area contributed by atoms with E-state index in [4.69, 9.17) is 4.74 Å². The zero-order chi connectivity index (χ0) is 24.2. The van der Waals surface area contributed by atoms with Crippen molar-refractivity contribution in [1.82, 2.24) is 0 Å². The molecule has 4 saturated carbocycles. The molecule has 0 radical (unpaired) electrons. The Balaban J connectivity index is 1.44. The molecule has 190 valence electrons. The van der Waals surface area contributed by atoms with Crippen LogP contribution in [0.5, 0.6) is 0 Å². The van der Waals surface area contributed by atoms with Crippen molar-refractivity contribution in [1.29, 1.82) is 0 Å². The summed E-state index contributed by atoms with van der Waals surface area (Å²) in [6.07, 6.45) is 11.9. The summed E-state index contributed by atoms with van der Waals surface area (Å²) in [5.74, 6) is 2.73. The lowest BCUT2D eigenvalue weighted by molar-refractivity contribution is -0.227. The van der Waals surface area contributed by atoms with Crippen LogP contribution >= 0.6 is 0 Å². The lowest BCUT2D eigenvalue weighted by Crippen LogP contribution is -2.64. The molecule has 33 heavy (non-hydrogen) atoms. The normalized spacial score (nSPS) is 56.2. The number of fused-ring (bicyclic) bond motifs is 5. The van der Waals surface area contributed by atoms with Crippen LogP contribution < -0.4 is 0 Å². The highest BCUT2D eigenvalue weighted by Crippen LogP contribution is 2.76. The maximum Gasteiger partial charge on any atom is 0.0865 e. The second-order valence-corrected chi connectivity index (χ2v) is 15.3. The van der Waals surface area contributed by atoms with E-state index in [-0.39, 0.29) is 23.2 Å². The van der Waals surface area contributed by atoms with E-state index in [9.17, 15) is 10.2 Å². The molecule has 0 amide bonds. The van der Waals surface area contributed by atoms with Crippen LogP contribution in [0, 0.1) is 45.3 Å². The Kier molecular flexibility index (Phi) is 5.38. The molecule has 5 fully saturated rings. The SMILES string of the molecule is CC(C)(O)[C@H]1CC[C@](C)([C@H]2CC[C@]3(C)[C@@H]2CC[C@H]2[C@@]4(C)CC[C@H](O)C(C)(C)[C@@H]4CC[C@]23C)O1. The lowest BCUT2D eigenvalue weighted by Gasteiger charge is -2.70. The van der Waals surface area contributed by atoms with Crippen molar-refractivity contribution < 1.29 is 14.9 Å². The van der Waals surface area contributed by atoms with Gasteiger partial charge in [-0.15, -0.1) is 0 Å². The van der Waals surface area contributed by atoms with E-state index in [0.717, 1.165) is 31.1 Å². The van der Waals surface area contributed by atoms with Gasteiger partial charge in [-0.3, -0.25) is 0 Å². The molecule has 4 aliphatic carbocycles. The average molecular weight is 461 g/mol. The Hall–Kier alpha value is -0.120. The third-order valence-corrected chi connectivity index (χ3v) is 13.3. The molecule has 0 unspecified atom stereocenters. The van der Waals surface area contributed by atoms with Gasteiger partial charge in [0.1, 0.15) is 0 Å². The molecule has 5 aliphatic rings. The van der Waals surface area contributed by atoms with E-state index >= 15 is 0 Å². The number of aliphatic hydroxyl groups is 2. The van der Waals surface area contributed by atoms with Crippen LogP contribution in [0.4, 0.5) is 0 Å². The number of aliphatic hydroxyl groups excluding tert-OH is 1. The maximum absolute atomic E-state index is 10.9. The minimum Gasteiger partial charge on any atom is -0.393 e. The van der Waals surface area contributed by atoms with Gasteiger partial charge in [-0.25, -0.2) is 0 Å². The molecule has 0 bridgehead atoms. The van der Waals surface area contributed by atoms with E-state index in [2.05, 4.69) is 41.5 Å². The summed E-state index contributed by atoms with van der Waals surface area (Å²) in [6, 6.07) is 0. The van der Waals surface area contributed by atoms with Gasteiger partial charge in [0.2, 0.25) is 0 Å². The predicted octanol–water partition coefficient (Wildman–Crippen LogP) is 6.74. The zero-order valence-electron chi connectivity index (χ0n) is 22.8. The first-order valence-electron chi connectivity index (χ1n) is 14.2. The molecule has 3 nitrogen and oxygen atoms in total. The molecule has 1 heterocycles. The van der Waals surface area contributed by atoms with Gasteiger partial charge in [0.25, 0.3) is 0 Å². The molecule has 0 aromatic rings. The number of hydrogen-bond donors (Lipinski definition) is 2. The molecule has 0 aromatic heterocycles. The monoisotopic (exact) mass is 460 g/mol. The quantitative estimate of drug-likeness (QED) is 0.480. The van der Waals surface area contributed by atoms with Gasteiger partial charge >= 0.3 is 0 Å². The fourth-order valence-corrected chi connectivity index (χ4v) is 11.1. The Morgan fingerprint density at radius 2 is 1.36 bits per heavy atom. The Morgan fingerprint density at radius 1 is 0.697 bits per heavy atom. The summed E-state index contributed by atoms with van der Waals surface area (Å²) in [6.45, 7) is 18.8. The summed E-state index contributed by atoms with van der Waals surface area (Å²) in [5, 5.41) is 21.5.